The van der Waals surface area contributed by atoms with Crippen LogP contribution in [0, 0.1) is 0 Å². The predicted octanol–water partition coefficient (Wildman–Crippen LogP) is 3.14. The molecule has 29 heavy (non-hydrogen) atoms. The van der Waals surface area contributed by atoms with E-state index in [2.05, 4.69) is 22.8 Å². The first-order chi connectivity index (χ1) is 14.1. The van der Waals surface area contributed by atoms with Crippen molar-refractivity contribution < 1.29 is 18.9 Å². The molecule has 0 saturated heterocycles. The molecule has 152 valence electrons. The van der Waals surface area contributed by atoms with E-state index in [4.69, 9.17) is 31.2 Å². The van der Waals surface area contributed by atoms with E-state index >= 15 is 0 Å². The Hall–Kier alpha value is -3.00. The summed E-state index contributed by atoms with van der Waals surface area (Å²) in [7, 11) is 0. The standard InChI is InChI=1S/C21H23N3O4S/c1-3-25-18-8-15-6-13(2)28-19(15)9-16(18)11-23-24-21(29)22-10-14-4-5-17-20(7-14)27-12-26-17/h4-5,7-9,11,13H,3,6,10,12H2,1-2H3,(H2,22,24,29)/b23-11-/t13-/m0/s1. The smallest absolute Gasteiger partial charge is 0.231 e. The van der Waals surface area contributed by atoms with Crippen LogP contribution in [0.3, 0.4) is 0 Å². The number of benzene rings is 2. The number of rotatable bonds is 6. The molecule has 0 spiro atoms. The lowest BCUT2D eigenvalue weighted by Gasteiger charge is -2.10. The van der Waals surface area contributed by atoms with Gasteiger partial charge in [0.15, 0.2) is 16.6 Å². The van der Waals surface area contributed by atoms with Gasteiger partial charge in [0.25, 0.3) is 0 Å². The van der Waals surface area contributed by atoms with E-state index in [9.17, 15) is 0 Å². The van der Waals surface area contributed by atoms with Gasteiger partial charge >= 0.3 is 0 Å². The Morgan fingerprint density at radius 3 is 2.97 bits per heavy atom. The van der Waals surface area contributed by atoms with Crippen molar-refractivity contribution in [1.82, 2.24) is 10.7 Å². The molecule has 4 rings (SSSR count). The summed E-state index contributed by atoms with van der Waals surface area (Å²) in [5.41, 5.74) is 5.87. The van der Waals surface area contributed by atoms with E-state index in [1.54, 1.807) is 6.21 Å². The Bertz CT molecular complexity index is 948. The average molecular weight is 413 g/mol. The molecule has 8 heteroatoms. The molecule has 7 nitrogen and oxygen atoms in total. The van der Waals surface area contributed by atoms with E-state index in [0.717, 1.165) is 46.1 Å². The highest BCUT2D eigenvalue weighted by atomic mass is 32.1. The van der Waals surface area contributed by atoms with Crippen LogP contribution in [0.1, 0.15) is 30.5 Å². The molecule has 2 aliphatic rings. The normalized spacial score (nSPS) is 16.4. The quantitative estimate of drug-likeness (QED) is 0.428. The highest BCUT2D eigenvalue weighted by Crippen LogP contribution is 2.34. The topological polar surface area (TPSA) is 73.3 Å². The first-order valence-corrected chi connectivity index (χ1v) is 9.95. The fraction of sp³-hybridized carbons (Fsp3) is 0.333. The fourth-order valence-corrected chi connectivity index (χ4v) is 3.39. The largest absolute Gasteiger partial charge is 0.493 e. The third kappa shape index (κ3) is 4.54. The minimum Gasteiger partial charge on any atom is -0.493 e. The number of nitrogens with zero attached hydrogens (tertiary/aromatic N) is 1. The Labute approximate surface area is 175 Å². The molecular formula is C21H23N3O4S. The zero-order chi connectivity index (χ0) is 20.2. The maximum absolute atomic E-state index is 5.83. The molecule has 0 aromatic heterocycles. The summed E-state index contributed by atoms with van der Waals surface area (Å²) in [5.74, 6) is 3.18. The first kappa shape index (κ1) is 19.3. The van der Waals surface area contributed by atoms with Gasteiger partial charge in [0.2, 0.25) is 6.79 Å². The van der Waals surface area contributed by atoms with Crippen LogP contribution in [-0.2, 0) is 13.0 Å². The molecule has 2 N–H and O–H groups in total. The summed E-state index contributed by atoms with van der Waals surface area (Å²) in [6.45, 7) is 5.41. The molecule has 0 amide bonds. The lowest BCUT2D eigenvalue weighted by Crippen LogP contribution is -2.31. The molecule has 0 radical (unpaired) electrons. The van der Waals surface area contributed by atoms with Crippen molar-refractivity contribution in [3.8, 4) is 23.0 Å². The highest BCUT2D eigenvalue weighted by molar-refractivity contribution is 7.80. The van der Waals surface area contributed by atoms with E-state index in [-0.39, 0.29) is 12.9 Å². The van der Waals surface area contributed by atoms with Crippen LogP contribution in [0.15, 0.2) is 35.4 Å². The molecule has 2 heterocycles. The van der Waals surface area contributed by atoms with Gasteiger partial charge in [0.1, 0.15) is 17.6 Å². The van der Waals surface area contributed by atoms with Gasteiger partial charge in [0.05, 0.1) is 12.8 Å². The van der Waals surface area contributed by atoms with Gasteiger partial charge in [-0.2, -0.15) is 5.10 Å². The van der Waals surface area contributed by atoms with Gasteiger partial charge in [-0.15, -0.1) is 0 Å². The number of hydrogen-bond donors (Lipinski definition) is 2. The molecule has 2 aromatic carbocycles. The molecule has 2 aromatic rings. The zero-order valence-electron chi connectivity index (χ0n) is 16.4. The molecule has 0 aliphatic carbocycles. The Kier molecular flexibility index (Phi) is 5.71. The fourth-order valence-electron chi connectivity index (χ4n) is 3.27. The summed E-state index contributed by atoms with van der Waals surface area (Å²) >= 11 is 5.30. The number of hydrogen-bond acceptors (Lipinski definition) is 6. The summed E-state index contributed by atoms with van der Waals surface area (Å²) in [6, 6.07) is 9.77. The number of hydrazone groups is 1. The van der Waals surface area contributed by atoms with Crippen molar-refractivity contribution in [1.29, 1.82) is 0 Å². The monoisotopic (exact) mass is 413 g/mol. The van der Waals surface area contributed by atoms with Gasteiger partial charge in [-0.3, -0.25) is 5.43 Å². The molecule has 0 bridgehead atoms. The third-order valence-corrected chi connectivity index (χ3v) is 4.82. The van der Waals surface area contributed by atoms with Crippen molar-refractivity contribution in [2.24, 2.45) is 5.10 Å². The lowest BCUT2D eigenvalue weighted by atomic mass is 10.1. The van der Waals surface area contributed by atoms with Gasteiger partial charge in [-0.25, -0.2) is 0 Å². The molecule has 0 saturated carbocycles. The Balaban J connectivity index is 1.35. The first-order valence-electron chi connectivity index (χ1n) is 9.54. The number of ether oxygens (including phenoxy) is 4. The Morgan fingerprint density at radius 1 is 1.24 bits per heavy atom. The maximum Gasteiger partial charge on any atom is 0.231 e. The second kappa shape index (κ2) is 8.57. The number of nitrogens with one attached hydrogen (secondary N) is 2. The van der Waals surface area contributed by atoms with Crippen LogP contribution in [-0.4, -0.2) is 30.8 Å². The van der Waals surface area contributed by atoms with E-state index in [0.29, 0.717) is 18.3 Å². The lowest BCUT2D eigenvalue weighted by molar-refractivity contribution is 0.174. The van der Waals surface area contributed by atoms with Crippen molar-refractivity contribution in [2.75, 3.05) is 13.4 Å². The third-order valence-electron chi connectivity index (χ3n) is 4.59. The summed E-state index contributed by atoms with van der Waals surface area (Å²) < 4.78 is 22.3. The highest BCUT2D eigenvalue weighted by Gasteiger charge is 2.21. The van der Waals surface area contributed by atoms with Crippen LogP contribution in [0.4, 0.5) is 0 Å². The summed E-state index contributed by atoms with van der Waals surface area (Å²) in [5, 5.41) is 7.78. The molecule has 1 atom stereocenters. The maximum atomic E-state index is 5.83. The van der Waals surface area contributed by atoms with Crippen LogP contribution in [0.2, 0.25) is 0 Å². The zero-order valence-corrected chi connectivity index (χ0v) is 17.2. The molecule has 2 aliphatic heterocycles. The van der Waals surface area contributed by atoms with Crippen LogP contribution < -0.4 is 29.7 Å². The second-order valence-electron chi connectivity index (χ2n) is 6.80. The number of thiocarbonyl (C=S) groups is 1. The average Bonchev–Trinajstić information content (AvgIpc) is 3.31. The van der Waals surface area contributed by atoms with E-state index in [1.807, 2.05) is 37.3 Å². The molecular weight excluding hydrogens is 390 g/mol. The predicted molar refractivity (Wildman–Crippen MR) is 114 cm³/mol. The van der Waals surface area contributed by atoms with Gasteiger partial charge in [-0.05, 0) is 55.9 Å². The van der Waals surface area contributed by atoms with E-state index < -0.39 is 0 Å². The summed E-state index contributed by atoms with van der Waals surface area (Å²) in [6.07, 6.45) is 2.75. The SMILES string of the molecule is CCOc1cc2c(cc1/C=N\NC(=S)NCc1ccc3c(c1)OCO3)O[C@@H](C)C2. The minimum absolute atomic E-state index is 0.178. The summed E-state index contributed by atoms with van der Waals surface area (Å²) in [4.78, 5) is 0. The van der Waals surface area contributed by atoms with Crippen molar-refractivity contribution in [2.45, 2.75) is 32.9 Å². The van der Waals surface area contributed by atoms with Crippen LogP contribution in [0.25, 0.3) is 0 Å². The molecule has 0 unspecified atom stereocenters. The Morgan fingerprint density at radius 2 is 2.10 bits per heavy atom. The van der Waals surface area contributed by atoms with Crippen LogP contribution >= 0.6 is 12.2 Å². The van der Waals surface area contributed by atoms with Gasteiger partial charge in [-0.1, -0.05) is 6.07 Å². The molecule has 0 fully saturated rings. The second-order valence-corrected chi connectivity index (χ2v) is 7.21. The van der Waals surface area contributed by atoms with Crippen molar-refractivity contribution >= 4 is 23.5 Å². The van der Waals surface area contributed by atoms with Crippen molar-refractivity contribution in [3.63, 3.8) is 0 Å². The van der Waals surface area contributed by atoms with Gasteiger partial charge < -0.3 is 24.3 Å². The number of fused-ring (bicyclic) bond motifs is 2. The van der Waals surface area contributed by atoms with Gasteiger partial charge in [0, 0.05) is 24.1 Å². The minimum atomic E-state index is 0.178. The van der Waals surface area contributed by atoms with Crippen LogP contribution in [0.5, 0.6) is 23.0 Å². The van der Waals surface area contributed by atoms with E-state index in [1.165, 1.54) is 0 Å². The van der Waals surface area contributed by atoms with Crippen molar-refractivity contribution in [3.05, 3.63) is 47.0 Å².